The van der Waals surface area contributed by atoms with E-state index in [4.69, 9.17) is 0 Å². The Kier molecular flexibility index (Phi) is 4.16. The standard InChI is InChI=1S/C9H12FN.C2H6/c10-9-4-2-1-3-8(9)7-5-11-6-7;1-2/h2,4,7,11H,1,3,5-6H2;1-2H3. The van der Waals surface area contributed by atoms with Crippen LogP contribution in [0.1, 0.15) is 26.7 Å². The molecular formula is C11H18FN. The lowest BCUT2D eigenvalue weighted by molar-refractivity contribution is 0.378. The van der Waals surface area contributed by atoms with E-state index in [1.807, 2.05) is 19.9 Å². The molecule has 0 radical (unpaired) electrons. The smallest absolute Gasteiger partial charge is 0.122 e. The molecule has 0 atom stereocenters. The normalized spacial score (nSPS) is 22.1. The first-order chi connectivity index (χ1) is 6.38. The van der Waals surface area contributed by atoms with Gasteiger partial charge in [0.25, 0.3) is 0 Å². The molecule has 1 heterocycles. The van der Waals surface area contributed by atoms with Gasteiger partial charge in [0.05, 0.1) is 0 Å². The summed E-state index contributed by atoms with van der Waals surface area (Å²) >= 11 is 0. The predicted molar refractivity (Wildman–Crippen MR) is 54.2 cm³/mol. The summed E-state index contributed by atoms with van der Waals surface area (Å²) in [6.07, 6.45) is 5.45. The lowest BCUT2D eigenvalue weighted by Gasteiger charge is -2.30. The highest BCUT2D eigenvalue weighted by Gasteiger charge is 2.24. The van der Waals surface area contributed by atoms with Crippen LogP contribution in [0, 0.1) is 5.92 Å². The molecule has 0 aromatic carbocycles. The highest BCUT2D eigenvalue weighted by atomic mass is 19.1. The molecule has 1 aliphatic heterocycles. The van der Waals surface area contributed by atoms with Gasteiger partial charge in [-0.1, -0.05) is 19.9 Å². The minimum atomic E-state index is 0.0164. The van der Waals surface area contributed by atoms with Crippen LogP contribution in [0.3, 0.4) is 0 Å². The average molecular weight is 183 g/mol. The van der Waals surface area contributed by atoms with Crippen LogP contribution in [0.2, 0.25) is 0 Å². The summed E-state index contributed by atoms with van der Waals surface area (Å²) in [6.45, 7) is 5.94. The number of allylic oxidation sites excluding steroid dienone is 3. The van der Waals surface area contributed by atoms with Gasteiger partial charge in [0, 0.05) is 19.0 Å². The van der Waals surface area contributed by atoms with Gasteiger partial charge in [-0.05, 0) is 24.5 Å². The van der Waals surface area contributed by atoms with Crippen LogP contribution in [0.25, 0.3) is 0 Å². The van der Waals surface area contributed by atoms with E-state index in [1.165, 1.54) is 0 Å². The molecule has 2 rings (SSSR count). The van der Waals surface area contributed by atoms with Gasteiger partial charge in [0.2, 0.25) is 0 Å². The predicted octanol–water partition coefficient (Wildman–Crippen LogP) is 2.81. The van der Waals surface area contributed by atoms with Crippen molar-refractivity contribution in [3.63, 3.8) is 0 Å². The molecular weight excluding hydrogens is 165 g/mol. The third-order valence-corrected chi connectivity index (χ3v) is 2.43. The van der Waals surface area contributed by atoms with Gasteiger partial charge in [-0.3, -0.25) is 0 Å². The van der Waals surface area contributed by atoms with Crippen molar-refractivity contribution in [2.75, 3.05) is 13.1 Å². The fourth-order valence-electron chi connectivity index (χ4n) is 1.59. The highest BCUT2D eigenvalue weighted by molar-refractivity contribution is 5.27. The second kappa shape index (κ2) is 5.18. The van der Waals surface area contributed by atoms with E-state index in [9.17, 15) is 4.39 Å². The largest absolute Gasteiger partial charge is 0.315 e. The minimum Gasteiger partial charge on any atom is -0.315 e. The Morgan fingerprint density at radius 2 is 2.08 bits per heavy atom. The van der Waals surface area contributed by atoms with Crippen LogP contribution in [-0.2, 0) is 0 Å². The van der Waals surface area contributed by atoms with Crippen LogP contribution < -0.4 is 5.32 Å². The molecule has 0 amide bonds. The Hall–Kier alpha value is -0.630. The van der Waals surface area contributed by atoms with Crippen molar-refractivity contribution in [1.29, 1.82) is 0 Å². The van der Waals surface area contributed by atoms with Crippen molar-refractivity contribution in [3.05, 3.63) is 23.6 Å². The van der Waals surface area contributed by atoms with Gasteiger partial charge < -0.3 is 5.32 Å². The van der Waals surface area contributed by atoms with Crippen molar-refractivity contribution in [3.8, 4) is 0 Å². The van der Waals surface area contributed by atoms with Crippen LogP contribution in [-0.4, -0.2) is 13.1 Å². The lowest BCUT2D eigenvalue weighted by Crippen LogP contribution is -2.43. The number of hydrogen-bond donors (Lipinski definition) is 1. The quantitative estimate of drug-likeness (QED) is 0.659. The van der Waals surface area contributed by atoms with E-state index >= 15 is 0 Å². The molecule has 1 aliphatic carbocycles. The summed E-state index contributed by atoms with van der Waals surface area (Å²) in [6, 6.07) is 0. The second-order valence-corrected chi connectivity index (χ2v) is 3.17. The second-order valence-electron chi connectivity index (χ2n) is 3.17. The first-order valence-electron chi connectivity index (χ1n) is 5.14. The lowest BCUT2D eigenvalue weighted by atomic mass is 9.87. The third-order valence-electron chi connectivity index (χ3n) is 2.43. The Labute approximate surface area is 79.7 Å². The van der Waals surface area contributed by atoms with E-state index in [1.54, 1.807) is 6.08 Å². The Morgan fingerprint density at radius 3 is 2.54 bits per heavy atom. The van der Waals surface area contributed by atoms with E-state index in [0.29, 0.717) is 5.92 Å². The maximum atomic E-state index is 13.1. The number of rotatable bonds is 1. The van der Waals surface area contributed by atoms with Gasteiger partial charge in [0.1, 0.15) is 5.83 Å². The first kappa shape index (κ1) is 10.5. The van der Waals surface area contributed by atoms with E-state index in [2.05, 4.69) is 5.32 Å². The molecule has 2 aliphatic rings. The van der Waals surface area contributed by atoms with E-state index < -0.39 is 0 Å². The fourth-order valence-corrected chi connectivity index (χ4v) is 1.59. The Morgan fingerprint density at radius 1 is 1.38 bits per heavy atom. The van der Waals surface area contributed by atoms with Gasteiger partial charge in [-0.15, -0.1) is 0 Å². The third kappa shape index (κ3) is 2.41. The molecule has 74 valence electrons. The summed E-state index contributed by atoms with van der Waals surface area (Å²) in [5.41, 5.74) is 1.03. The summed E-state index contributed by atoms with van der Waals surface area (Å²) in [5, 5.41) is 3.15. The summed E-state index contributed by atoms with van der Waals surface area (Å²) < 4.78 is 13.1. The molecule has 0 aromatic rings. The monoisotopic (exact) mass is 183 g/mol. The number of hydrogen-bond acceptors (Lipinski definition) is 1. The summed E-state index contributed by atoms with van der Waals surface area (Å²) in [5.74, 6) is 0.503. The zero-order valence-corrected chi connectivity index (χ0v) is 8.44. The fraction of sp³-hybridized carbons (Fsp3) is 0.636. The molecule has 1 fully saturated rings. The van der Waals surface area contributed by atoms with Crippen molar-refractivity contribution in [1.82, 2.24) is 5.32 Å². The van der Waals surface area contributed by atoms with Crippen LogP contribution in [0.15, 0.2) is 23.6 Å². The van der Waals surface area contributed by atoms with Crippen molar-refractivity contribution in [2.24, 2.45) is 5.92 Å². The summed E-state index contributed by atoms with van der Waals surface area (Å²) in [7, 11) is 0. The van der Waals surface area contributed by atoms with Crippen LogP contribution in [0.4, 0.5) is 4.39 Å². The Balaban J connectivity index is 0.000000396. The molecule has 1 saturated heterocycles. The molecule has 1 N–H and O–H groups in total. The highest BCUT2D eigenvalue weighted by Crippen LogP contribution is 2.28. The number of nitrogens with one attached hydrogen (secondary N) is 1. The molecule has 0 saturated carbocycles. The average Bonchev–Trinajstić information content (AvgIpc) is 2.09. The van der Waals surface area contributed by atoms with Crippen molar-refractivity contribution in [2.45, 2.75) is 26.7 Å². The molecule has 2 heteroatoms. The van der Waals surface area contributed by atoms with E-state index in [0.717, 1.165) is 31.5 Å². The van der Waals surface area contributed by atoms with Crippen LogP contribution in [0.5, 0.6) is 0 Å². The van der Waals surface area contributed by atoms with Gasteiger partial charge in [0.15, 0.2) is 0 Å². The zero-order valence-electron chi connectivity index (χ0n) is 8.44. The zero-order chi connectivity index (χ0) is 9.68. The molecule has 1 nitrogen and oxygen atoms in total. The van der Waals surface area contributed by atoms with Gasteiger partial charge in [-0.2, -0.15) is 0 Å². The first-order valence-corrected chi connectivity index (χ1v) is 5.14. The van der Waals surface area contributed by atoms with Gasteiger partial charge in [-0.25, -0.2) is 4.39 Å². The topological polar surface area (TPSA) is 12.0 Å². The molecule has 13 heavy (non-hydrogen) atoms. The molecule has 0 bridgehead atoms. The number of halogens is 1. The SMILES string of the molecule is CC.FC1=C(C2CNC2)CCC=C1. The van der Waals surface area contributed by atoms with Gasteiger partial charge >= 0.3 is 0 Å². The van der Waals surface area contributed by atoms with Crippen molar-refractivity contribution >= 4 is 0 Å². The molecule has 0 spiro atoms. The molecule has 0 unspecified atom stereocenters. The Bertz CT molecular complexity index is 214. The maximum absolute atomic E-state index is 13.1. The molecule has 0 aromatic heterocycles. The minimum absolute atomic E-state index is 0.0164. The van der Waals surface area contributed by atoms with Crippen LogP contribution >= 0.6 is 0 Å². The maximum Gasteiger partial charge on any atom is 0.122 e. The van der Waals surface area contributed by atoms with Crippen molar-refractivity contribution < 1.29 is 4.39 Å². The summed E-state index contributed by atoms with van der Waals surface area (Å²) in [4.78, 5) is 0. The van der Waals surface area contributed by atoms with E-state index in [-0.39, 0.29) is 5.83 Å².